The molecule has 0 saturated carbocycles. The number of rotatable bonds is 5. The number of carbonyl (C=O) groups excluding carboxylic acids is 1. The second kappa shape index (κ2) is 9.70. The third-order valence-corrected chi connectivity index (χ3v) is 6.47. The number of nitriles is 1. The van der Waals surface area contributed by atoms with Crippen molar-refractivity contribution in [1.29, 1.82) is 5.26 Å². The second-order valence-corrected chi connectivity index (χ2v) is 8.92. The van der Waals surface area contributed by atoms with Crippen LogP contribution < -0.4 is 5.32 Å². The number of aromatic nitrogens is 1. The topological polar surface area (TPSA) is 69.0 Å². The predicted molar refractivity (Wildman–Crippen MR) is 125 cm³/mol. The zero-order chi connectivity index (χ0) is 22.7. The van der Waals surface area contributed by atoms with Gasteiger partial charge in [-0.05, 0) is 42.4 Å². The Morgan fingerprint density at radius 1 is 1.28 bits per heavy atom. The van der Waals surface area contributed by atoms with Crippen LogP contribution in [0.1, 0.15) is 16.8 Å². The van der Waals surface area contributed by atoms with Crippen molar-refractivity contribution >= 4 is 35.0 Å². The van der Waals surface area contributed by atoms with E-state index in [0.29, 0.717) is 22.2 Å². The van der Waals surface area contributed by atoms with E-state index in [0.717, 1.165) is 35.3 Å². The van der Waals surface area contributed by atoms with E-state index in [2.05, 4.69) is 16.3 Å². The Hall–Kier alpha value is -2.92. The summed E-state index contributed by atoms with van der Waals surface area (Å²) in [5.41, 5.74) is 4.24. The number of benzene rings is 2. The Kier molecular flexibility index (Phi) is 6.75. The Morgan fingerprint density at radius 3 is 2.75 bits per heavy atom. The lowest BCUT2D eigenvalue weighted by atomic mass is 9.92. The largest absolute Gasteiger partial charge is 0.323 e. The summed E-state index contributed by atoms with van der Waals surface area (Å²) in [6.45, 7) is 1.55. The Labute approximate surface area is 195 Å². The third-order valence-electron chi connectivity index (χ3n) is 5.24. The van der Waals surface area contributed by atoms with Crippen molar-refractivity contribution in [3.05, 3.63) is 76.2 Å². The number of carbonyl (C=O) groups is 1. The Morgan fingerprint density at radius 2 is 2.03 bits per heavy atom. The van der Waals surface area contributed by atoms with Crippen molar-refractivity contribution < 1.29 is 9.18 Å². The van der Waals surface area contributed by atoms with Crippen LogP contribution in [0.5, 0.6) is 0 Å². The number of pyridine rings is 1. The van der Waals surface area contributed by atoms with Crippen molar-refractivity contribution in [3.8, 4) is 17.2 Å². The number of fused-ring (bicyclic) bond motifs is 1. The fourth-order valence-electron chi connectivity index (χ4n) is 3.70. The molecule has 4 rings (SSSR count). The van der Waals surface area contributed by atoms with E-state index in [9.17, 15) is 14.4 Å². The van der Waals surface area contributed by atoms with Crippen molar-refractivity contribution in [2.75, 3.05) is 24.7 Å². The van der Waals surface area contributed by atoms with Crippen LogP contribution in [0.4, 0.5) is 10.1 Å². The van der Waals surface area contributed by atoms with Crippen LogP contribution in [0, 0.1) is 17.1 Å². The van der Waals surface area contributed by atoms with E-state index in [1.54, 1.807) is 24.3 Å². The number of amides is 1. The monoisotopic (exact) mass is 466 g/mol. The van der Waals surface area contributed by atoms with E-state index < -0.39 is 5.82 Å². The summed E-state index contributed by atoms with van der Waals surface area (Å²) in [6.07, 6.45) is 0.757. The van der Waals surface area contributed by atoms with E-state index in [4.69, 9.17) is 16.6 Å². The molecule has 0 saturated heterocycles. The minimum atomic E-state index is -0.496. The first-order valence-corrected chi connectivity index (χ1v) is 11.4. The first kappa shape index (κ1) is 22.3. The molecule has 1 N–H and O–H groups in total. The zero-order valence-corrected chi connectivity index (χ0v) is 18.9. The average molecular weight is 467 g/mol. The van der Waals surface area contributed by atoms with Gasteiger partial charge in [0.15, 0.2) is 0 Å². The fourth-order valence-corrected chi connectivity index (χ4v) is 4.63. The van der Waals surface area contributed by atoms with Gasteiger partial charge in [-0.2, -0.15) is 5.26 Å². The lowest BCUT2D eigenvalue weighted by Crippen LogP contribution is -2.28. The summed E-state index contributed by atoms with van der Waals surface area (Å²) in [4.78, 5) is 19.4. The lowest BCUT2D eigenvalue weighted by Gasteiger charge is -2.28. The minimum absolute atomic E-state index is 0.00869. The van der Waals surface area contributed by atoms with Crippen LogP contribution >= 0.6 is 23.4 Å². The van der Waals surface area contributed by atoms with Crippen LogP contribution in [0.2, 0.25) is 5.02 Å². The average Bonchev–Trinajstić information content (AvgIpc) is 2.79. The molecule has 0 spiro atoms. The van der Waals surface area contributed by atoms with E-state index in [1.807, 2.05) is 19.2 Å². The molecule has 162 valence electrons. The van der Waals surface area contributed by atoms with Gasteiger partial charge in [0.05, 0.1) is 17.0 Å². The van der Waals surface area contributed by atoms with Crippen LogP contribution in [-0.4, -0.2) is 35.1 Å². The first-order valence-electron chi connectivity index (χ1n) is 10.0. The van der Waals surface area contributed by atoms with Gasteiger partial charge in [-0.15, -0.1) is 0 Å². The number of likely N-dealkylation sites (N-methyl/N-ethyl adjacent to an activating group) is 1. The highest BCUT2D eigenvalue weighted by molar-refractivity contribution is 8.00. The second-order valence-electron chi connectivity index (χ2n) is 7.52. The molecule has 0 fully saturated rings. The number of nitrogens with one attached hydrogen (secondary N) is 1. The number of anilines is 1. The van der Waals surface area contributed by atoms with Crippen LogP contribution in [0.15, 0.2) is 53.6 Å². The Bertz CT molecular complexity index is 1210. The minimum Gasteiger partial charge on any atom is -0.323 e. The van der Waals surface area contributed by atoms with Crippen molar-refractivity contribution in [2.24, 2.45) is 0 Å². The van der Waals surface area contributed by atoms with E-state index >= 15 is 0 Å². The highest BCUT2D eigenvalue weighted by Gasteiger charge is 2.25. The van der Waals surface area contributed by atoms with Crippen LogP contribution in [0.25, 0.3) is 11.1 Å². The SMILES string of the molecule is CN1CCc2nc(SCC(=O)Nc3ccccc3F)c(C#N)c(-c3ccc(Cl)cc3)c2C1. The molecule has 5 nitrogen and oxygen atoms in total. The molecule has 0 unspecified atom stereocenters. The van der Waals surface area contributed by atoms with Gasteiger partial charge in [-0.3, -0.25) is 4.79 Å². The number of thioether (sulfide) groups is 1. The third kappa shape index (κ3) is 4.78. The normalized spacial score (nSPS) is 13.3. The summed E-state index contributed by atoms with van der Waals surface area (Å²) in [5.74, 6) is -0.852. The maximum absolute atomic E-state index is 13.8. The fraction of sp³-hybridized carbons (Fsp3) is 0.208. The summed E-state index contributed by atoms with van der Waals surface area (Å²) >= 11 is 7.25. The van der Waals surface area contributed by atoms with Crippen LogP contribution in [0.3, 0.4) is 0 Å². The van der Waals surface area contributed by atoms with Gasteiger partial charge < -0.3 is 10.2 Å². The van der Waals surface area contributed by atoms with E-state index in [-0.39, 0.29) is 17.3 Å². The van der Waals surface area contributed by atoms with Gasteiger partial charge >= 0.3 is 0 Å². The molecule has 2 aromatic carbocycles. The molecule has 3 aromatic rings. The molecule has 0 bridgehead atoms. The lowest BCUT2D eigenvalue weighted by molar-refractivity contribution is -0.113. The highest BCUT2D eigenvalue weighted by Crippen LogP contribution is 2.37. The summed E-state index contributed by atoms with van der Waals surface area (Å²) in [5, 5.41) is 13.7. The molecule has 2 heterocycles. The van der Waals surface area contributed by atoms with Crippen LogP contribution in [-0.2, 0) is 17.8 Å². The Balaban J connectivity index is 1.67. The predicted octanol–water partition coefficient (Wildman–Crippen LogP) is 5.13. The summed E-state index contributed by atoms with van der Waals surface area (Å²) in [6, 6.07) is 15.7. The molecule has 0 atom stereocenters. The van der Waals surface area contributed by atoms with Gasteiger partial charge in [-0.1, -0.05) is 47.6 Å². The van der Waals surface area contributed by atoms with Gasteiger partial charge in [0.1, 0.15) is 16.9 Å². The van der Waals surface area contributed by atoms with Gasteiger partial charge in [0.2, 0.25) is 5.91 Å². The van der Waals surface area contributed by atoms with Crippen molar-refractivity contribution in [3.63, 3.8) is 0 Å². The smallest absolute Gasteiger partial charge is 0.234 e. The molecule has 1 aliphatic rings. The van der Waals surface area contributed by atoms with Crippen molar-refractivity contribution in [2.45, 2.75) is 18.0 Å². The molecule has 32 heavy (non-hydrogen) atoms. The van der Waals surface area contributed by atoms with Gasteiger partial charge in [-0.25, -0.2) is 9.37 Å². The number of para-hydroxylation sites is 1. The van der Waals surface area contributed by atoms with Crippen molar-refractivity contribution in [1.82, 2.24) is 9.88 Å². The molecule has 1 aliphatic heterocycles. The standard InChI is InChI=1S/C24H20ClFN4OS/c1-30-11-10-20-18(13-30)23(15-6-8-16(25)9-7-15)17(12-27)24(29-20)32-14-22(31)28-21-5-3-2-4-19(21)26/h2-9H,10-11,13-14H2,1H3,(H,28,31). The quantitative estimate of drug-likeness (QED) is 0.528. The number of hydrogen-bond acceptors (Lipinski definition) is 5. The molecule has 8 heteroatoms. The highest BCUT2D eigenvalue weighted by atomic mass is 35.5. The molecule has 0 radical (unpaired) electrons. The maximum atomic E-state index is 13.8. The summed E-state index contributed by atoms with van der Waals surface area (Å²) < 4.78 is 13.8. The van der Waals surface area contributed by atoms with Gasteiger partial charge in [0.25, 0.3) is 0 Å². The number of hydrogen-bond donors (Lipinski definition) is 1. The summed E-state index contributed by atoms with van der Waals surface area (Å²) in [7, 11) is 2.04. The zero-order valence-electron chi connectivity index (χ0n) is 17.4. The molecular weight excluding hydrogens is 447 g/mol. The molecule has 1 aromatic heterocycles. The maximum Gasteiger partial charge on any atom is 0.234 e. The molecule has 0 aliphatic carbocycles. The molecular formula is C24H20ClFN4OS. The number of halogens is 2. The number of nitrogens with zero attached hydrogens (tertiary/aromatic N) is 3. The first-order chi connectivity index (χ1) is 15.5. The van der Waals surface area contributed by atoms with E-state index in [1.165, 1.54) is 23.9 Å². The molecule has 1 amide bonds. The van der Waals surface area contributed by atoms with Gasteiger partial charge in [0, 0.05) is 35.8 Å².